The van der Waals surface area contributed by atoms with E-state index in [0.717, 1.165) is 16.0 Å². The highest BCUT2D eigenvalue weighted by Gasteiger charge is 2.13. The Morgan fingerprint density at radius 1 is 1.04 bits per heavy atom. The van der Waals surface area contributed by atoms with E-state index in [9.17, 15) is 9.00 Å². The van der Waals surface area contributed by atoms with Crippen LogP contribution in [0, 0.1) is 6.92 Å². The summed E-state index contributed by atoms with van der Waals surface area (Å²) in [5, 5.41) is 3.51. The van der Waals surface area contributed by atoms with Gasteiger partial charge in [0.2, 0.25) is 0 Å². The molecule has 0 aliphatic heterocycles. The predicted octanol–water partition coefficient (Wildman–Crippen LogP) is 4.52. The lowest BCUT2D eigenvalue weighted by Gasteiger charge is -2.04. The first-order valence-electron chi connectivity index (χ1n) is 8.57. The number of carbonyl (C=O) groups is 1. The number of halogens is 1. The van der Waals surface area contributed by atoms with Gasteiger partial charge in [-0.25, -0.2) is 0 Å². The molecule has 0 aliphatic carbocycles. The molecule has 0 saturated carbocycles. The van der Waals surface area contributed by atoms with Crippen LogP contribution in [-0.2, 0) is 23.0 Å². The molecule has 0 aliphatic rings. The number of nitrogens with one attached hydrogen (secondary N) is 1. The van der Waals surface area contributed by atoms with Crippen molar-refractivity contribution >= 4 is 28.3 Å². The van der Waals surface area contributed by atoms with Crippen molar-refractivity contribution in [3.05, 3.63) is 88.3 Å². The molecule has 3 aromatic rings. The normalized spacial score (nSPS) is 11.9. The second-order valence-corrected chi connectivity index (χ2v) is 8.09. The van der Waals surface area contributed by atoms with Gasteiger partial charge in [-0.2, -0.15) is 0 Å². The van der Waals surface area contributed by atoms with Gasteiger partial charge in [0.25, 0.3) is 5.91 Å². The van der Waals surface area contributed by atoms with Crippen LogP contribution < -0.4 is 5.32 Å². The molecule has 27 heavy (non-hydrogen) atoms. The summed E-state index contributed by atoms with van der Waals surface area (Å²) in [6.07, 6.45) is 0.702. The molecule has 1 aromatic heterocycles. The zero-order chi connectivity index (χ0) is 19.2. The molecule has 0 spiro atoms. The first-order chi connectivity index (χ1) is 13.0. The summed E-state index contributed by atoms with van der Waals surface area (Å²) in [6, 6.07) is 18.4. The van der Waals surface area contributed by atoms with Gasteiger partial charge >= 0.3 is 0 Å². The summed E-state index contributed by atoms with van der Waals surface area (Å²) >= 11 is 5.86. The quantitative estimate of drug-likeness (QED) is 0.633. The van der Waals surface area contributed by atoms with Gasteiger partial charge in [0.1, 0.15) is 5.76 Å². The van der Waals surface area contributed by atoms with E-state index in [4.69, 9.17) is 16.0 Å². The Morgan fingerprint density at radius 2 is 1.74 bits per heavy atom. The SMILES string of the molecule is Cc1ccc([S@](=O)Cc2ccc(C(=O)NCCc3ccc(Cl)cc3)o2)cc1. The van der Waals surface area contributed by atoms with Crippen molar-refractivity contribution in [2.24, 2.45) is 0 Å². The molecule has 0 fully saturated rings. The maximum Gasteiger partial charge on any atom is 0.287 e. The minimum atomic E-state index is -1.21. The van der Waals surface area contributed by atoms with Crippen molar-refractivity contribution in [2.75, 3.05) is 6.54 Å². The zero-order valence-electron chi connectivity index (χ0n) is 14.9. The van der Waals surface area contributed by atoms with E-state index in [1.165, 1.54) is 0 Å². The number of hydrogen-bond donors (Lipinski definition) is 1. The van der Waals surface area contributed by atoms with Gasteiger partial charge in [0.05, 0.1) is 16.6 Å². The maximum absolute atomic E-state index is 12.4. The molecule has 2 aromatic carbocycles. The number of benzene rings is 2. The van der Waals surface area contributed by atoms with E-state index in [1.807, 2.05) is 55.5 Å². The van der Waals surface area contributed by atoms with Gasteiger partial charge in [0, 0.05) is 16.5 Å². The van der Waals surface area contributed by atoms with E-state index < -0.39 is 10.8 Å². The monoisotopic (exact) mass is 401 g/mol. The summed E-state index contributed by atoms with van der Waals surface area (Å²) in [5.41, 5.74) is 2.21. The van der Waals surface area contributed by atoms with Crippen molar-refractivity contribution in [2.45, 2.75) is 24.0 Å². The van der Waals surface area contributed by atoms with Gasteiger partial charge in [-0.3, -0.25) is 9.00 Å². The minimum Gasteiger partial charge on any atom is -0.455 e. The van der Waals surface area contributed by atoms with Gasteiger partial charge in [-0.05, 0) is 55.3 Å². The smallest absolute Gasteiger partial charge is 0.287 e. The highest BCUT2D eigenvalue weighted by Crippen LogP contribution is 2.16. The molecule has 6 heteroatoms. The number of hydrogen-bond acceptors (Lipinski definition) is 3. The maximum atomic E-state index is 12.4. The largest absolute Gasteiger partial charge is 0.455 e. The van der Waals surface area contributed by atoms with E-state index in [1.54, 1.807) is 12.1 Å². The molecule has 1 atom stereocenters. The first-order valence-corrected chi connectivity index (χ1v) is 10.3. The van der Waals surface area contributed by atoms with Crippen molar-refractivity contribution in [3.63, 3.8) is 0 Å². The summed E-state index contributed by atoms with van der Waals surface area (Å²) in [7, 11) is -1.21. The molecular formula is C21H20ClNO3S. The van der Waals surface area contributed by atoms with E-state index in [2.05, 4.69) is 5.32 Å². The summed E-state index contributed by atoms with van der Waals surface area (Å²) < 4.78 is 18.0. The lowest BCUT2D eigenvalue weighted by molar-refractivity contribution is 0.0925. The Bertz CT molecular complexity index is 933. The number of furan rings is 1. The molecule has 0 unspecified atom stereocenters. The van der Waals surface area contributed by atoms with Crippen molar-refractivity contribution in [1.82, 2.24) is 5.32 Å². The number of rotatable bonds is 7. The third-order valence-electron chi connectivity index (χ3n) is 4.06. The average Bonchev–Trinajstić information content (AvgIpc) is 3.12. The number of aryl methyl sites for hydroxylation is 1. The standard InChI is InChI=1S/C21H20ClNO3S/c1-15-2-9-19(10-3-15)27(25)14-18-8-11-20(26-18)21(24)23-13-12-16-4-6-17(22)7-5-16/h2-11H,12-14H2,1H3,(H,23,24)/t27-/m1/s1. The summed E-state index contributed by atoms with van der Waals surface area (Å²) in [6.45, 7) is 2.48. The zero-order valence-corrected chi connectivity index (χ0v) is 16.5. The van der Waals surface area contributed by atoms with Gasteiger partial charge < -0.3 is 9.73 Å². The molecule has 140 valence electrons. The number of amides is 1. The van der Waals surface area contributed by atoms with Crippen LogP contribution in [0.25, 0.3) is 0 Å². The fraction of sp³-hybridized carbons (Fsp3) is 0.190. The van der Waals surface area contributed by atoms with E-state index >= 15 is 0 Å². The van der Waals surface area contributed by atoms with Gasteiger partial charge in [-0.1, -0.05) is 41.4 Å². The predicted molar refractivity (Wildman–Crippen MR) is 107 cm³/mol. The van der Waals surface area contributed by atoms with Crippen molar-refractivity contribution < 1.29 is 13.4 Å². The second-order valence-electron chi connectivity index (χ2n) is 6.20. The summed E-state index contributed by atoms with van der Waals surface area (Å²) in [4.78, 5) is 12.9. The van der Waals surface area contributed by atoms with Gasteiger partial charge in [0.15, 0.2) is 5.76 Å². The average molecular weight is 402 g/mol. The molecule has 0 radical (unpaired) electrons. The molecule has 4 nitrogen and oxygen atoms in total. The van der Waals surface area contributed by atoms with Crippen LogP contribution in [0.2, 0.25) is 5.02 Å². The fourth-order valence-corrected chi connectivity index (χ4v) is 3.68. The van der Waals surface area contributed by atoms with Crippen LogP contribution in [0.15, 0.2) is 70.0 Å². The first kappa shape index (κ1) is 19.4. The molecule has 1 amide bonds. The molecule has 1 N–H and O–H groups in total. The Kier molecular flexibility index (Phi) is 6.48. The number of carbonyl (C=O) groups excluding carboxylic acids is 1. The van der Waals surface area contributed by atoms with Crippen LogP contribution in [-0.4, -0.2) is 16.7 Å². The Labute approximate surface area is 166 Å². The highest BCUT2D eigenvalue weighted by atomic mass is 35.5. The second kappa shape index (κ2) is 9.02. The van der Waals surface area contributed by atoms with Crippen molar-refractivity contribution in [3.8, 4) is 0 Å². The van der Waals surface area contributed by atoms with Gasteiger partial charge in [-0.15, -0.1) is 0 Å². The van der Waals surface area contributed by atoms with Crippen LogP contribution >= 0.6 is 11.6 Å². The molecule has 0 bridgehead atoms. The Balaban J connectivity index is 1.51. The fourth-order valence-electron chi connectivity index (χ4n) is 2.54. The lowest BCUT2D eigenvalue weighted by atomic mass is 10.1. The third kappa shape index (κ3) is 5.55. The Morgan fingerprint density at radius 3 is 2.44 bits per heavy atom. The van der Waals surface area contributed by atoms with Crippen molar-refractivity contribution in [1.29, 1.82) is 0 Å². The summed E-state index contributed by atoms with van der Waals surface area (Å²) in [5.74, 6) is 0.705. The van der Waals surface area contributed by atoms with E-state index in [-0.39, 0.29) is 17.4 Å². The topological polar surface area (TPSA) is 59.3 Å². The lowest BCUT2D eigenvalue weighted by Crippen LogP contribution is -2.25. The third-order valence-corrected chi connectivity index (χ3v) is 5.65. The van der Waals surface area contributed by atoms with E-state index in [0.29, 0.717) is 23.7 Å². The molecular weight excluding hydrogens is 382 g/mol. The van der Waals surface area contributed by atoms with Crippen LogP contribution in [0.5, 0.6) is 0 Å². The Hall–Kier alpha value is -2.37. The molecule has 3 rings (SSSR count). The molecule has 0 saturated heterocycles. The van der Waals surface area contributed by atoms with Crippen LogP contribution in [0.1, 0.15) is 27.4 Å². The molecule has 1 heterocycles. The van der Waals surface area contributed by atoms with Crippen LogP contribution in [0.3, 0.4) is 0 Å². The highest BCUT2D eigenvalue weighted by molar-refractivity contribution is 7.84. The van der Waals surface area contributed by atoms with Crippen LogP contribution in [0.4, 0.5) is 0 Å². The minimum absolute atomic E-state index is 0.224.